The van der Waals surface area contributed by atoms with Crippen molar-refractivity contribution in [1.29, 1.82) is 0 Å². The first-order chi connectivity index (χ1) is 4.00. The van der Waals surface area contributed by atoms with Gasteiger partial charge in [0.05, 0.1) is 0 Å². The van der Waals surface area contributed by atoms with Crippen LogP contribution >= 0.6 is 0 Å². The normalized spacial score (nSPS) is 32.0. The van der Waals surface area contributed by atoms with E-state index >= 15 is 0 Å². The number of nitrogens with zero attached hydrogens (tertiary/aromatic N) is 1. The first kappa shape index (κ1) is 5.97. The van der Waals surface area contributed by atoms with Crippen molar-refractivity contribution < 1.29 is 0 Å². The number of allylic oxidation sites excluding steroid dienone is 4. The zero-order valence-electron chi connectivity index (χ0n) is 4.36. The minimum atomic E-state index is -0.326. The van der Waals surface area contributed by atoms with E-state index in [1.54, 1.807) is 0 Å². The van der Waals surface area contributed by atoms with E-state index in [1.807, 2.05) is 24.4 Å². The van der Waals surface area contributed by atoms with Crippen molar-refractivity contribution in [2.24, 2.45) is 3.09 Å². The van der Waals surface area contributed by atoms with Gasteiger partial charge in [-0.2, -0.15) is 0 Å². The zero-order valence-corrected chi connectivity index (χ0v) is 6.91. The molecule has 0 aromatic rings. The first-order valence-electron chi connectivity index (χ1n) is 2.38. The van der Waals surface area contributed by atoms with E-state index < -0.39 is 0 Å². The van der Waals surface area contributed by atoms with Crippen molar-refractivity contribution >= 4 is 21.4 Å². The summed E-state index contributed by atoms with van der Waals surface area (Å²) < 4.78 is 6.33. The third-order valence-corrected chi connectivity index (χ3v) is 2.34. The van der Waals surface area contributed by atoms with Crippen LogP contribution in [0.15, 0.2) is 37.6 Å². The van der Waals surface area contributed by atoms with Crippen molar-refractivity contribution in [2.45, 2.75) is 0 Å². The van der Waals surface area contributed by atoms with Crippen molar-refractivity contribution in [2.75, 3.05) is 0 Å². The summed E-state index contributed by atoms with van der Waals surface area (Å²) in [6, 6.07) is 0. The van der Waals surface area contributed by atoms with Crippen LogP contribution in [0.1, 0.15) is 0 Å². The third kappa shape index (κ3) is 2.22. The minimum absolute atomic E-state index is 0.326. The predicted octanol–water partition coefficient (Wildman–Crippen LogP) is 1.47. The molecule has 1 nitrogen and oxygen atoms in total. The van der Waals surface area contributed by atoms with Crippen molar-refractivity contribution in [3.63, 3.8) is 0 Å². The summed E-state index contributed by atoms with van der Waals surface area (Å²) in [5.41, 5.74) is 0. The predicted molar refractivity (Wildman–Crippen MR) is 35.6 cm³/mol. The van der Waals surface area contributed by atoms with Crippen LogP contribution in [0.2, 0.25) is 0 Å². The summed E-state index contributed by atoms with van der Waals surface area (Å²) in [4.78, 5) is 0. The molecular formula is C6H6NSb. The van der Waals surface area contributed by atoms with Gasteiger partial charge < -0.3 is 0 Å². The summed E-state index contributed by atoms with van der Waals surface area (Å²) in [6.07, 6.45) is 9.90. The van der Waals surface area contributed by atoms with Crippen LogP contribution in [0.25, 0.3) is 0 Å². The molecule has 1 heterocycles. The Morgan fingerprint density at radius 3 is 2.88 bits per heavy atom. The second-order valence-electron chi connectivity index (χ2n) is 1.30. The Hall–Kier alpha value is -0.162. The molecule has 0 bridgehead atoms. The molecule has 0 amide bonds. The quantitative estimate of drug-likeness (QED) is 0.541. The first-order valence-corrected chi connectivity index (χ1v) is 5.00. The van der Waals surface area contributed by atoms with Crippen LogP contribution in [-0.2, 0) is 0 Å². The van der Waals surface area contributed by atoms with E-state index in [0.717, 1.165) is 0 Å². The molecule has 40 valence electrons. The Labute approximate surface area is 59.2 Å². The molecule has 1 aliphatic heterocycles. The van der Waals surface area contributed by atoms with E-state index in [0.29, 0.717) is 0 Å². The fourth-order valence-electron chi connectivity index (χ4n) is 0.382. The van der Waals surface area contributed by atoms with Crippen molar-refractivity contribution in [3.8, 4) is 0 Å². The Bertz CT molecular complexity index is 109. The standard InChI is InChI=1S/C6H6N.Sb/c1-2-3-4-5-6-7;/h1-6H;/b2-1?,4-3-,6-5-;. The molecular weight excluding hydrogens is 208 g/mol. The van der Waals surface area contributed by atoms with Gasteiger partial charge in [0.2, 0.25) is 0 Å². The fraction of sp³-hybridized carbons (Fsp3) is 0. The van der Waals surface area contributed by atoms with Gasteiger partial charge in [-0.15, -0.1) is 0 Å². The van der Waals surface area contributed by atoms with E-state index in [-0.39, 0.29) is 21.4 Å². The Kier molecular flexibility index (Phi) is 2.83. The summed E-state index contributed by atoms with van der Waals surface area (Å²) in [7, 11) is 0. The molecule has 0 fully saturated rings. The monoisotopic (exact) mass is 213 g/mol. The second-order valence-corrected chi connectivity index (χ2v) is 3.47. The molecule has 1 rings (SSSR count). The number of rotatable bonds is 0. The van der Waals surface area contributed by atoms with Gasteiger partial charge in [0.15, 0.2) is 0 Å². The van der Waals surface area contributed by atoms with E-state index in [4.69, 9.17) is 0 Å². The molecule has 8 heavy (non-hydrogen) atoms. The van der Waals surface area contributed by atoms with Crippen molar-refractivity contribution in [1.82, 2.24) is 0 Å². The molecule has 0 saturated heterocycles. The van der Waals surface area contributed by atoms with Gasteiger partial charge in [-0.1, -0.05) is 0 Å². The summed E-state index contributed by atoms with van der Waals surface area (Å²) >= 11 is -0.326. The van der Waals surface area contributed by atoms with Gasteiger partial charge in [0, 0.05) is 0 Å². The Morgan fingerprint density at radius 1 is 1.00 bits per heavy atom. The number of hydrogen-bond acceptors (Lipinski definition) is 1. The van der Waals surface area contributed by atoms with Crippen LogP contribution in [0.5, 0.6) is 0 Å². The van der Waals surface area contributed by atoms with Crippen LogP contribution in [0.4, 0.5) is 0 Å². The van der Waals surface area contributed by atoms with Gasteiger partial charge in [0.25, 0.3) is 0 Å². The molecule has 0 atom stereocenters. The summed E-state index contributed by atoms with van der Waals surface area (Å²) in [5, 5.41) is 0. The van der Waals surface area contributed by atoms with Gasteiger partial charge in [0.1, 0.15) is 0 Å². The van der Waals surface area contributed by atoms with E-state index in [2.05, 4.69) is 13.2 Å². The molecule has 0 aromatic heterocycles. The fourth-order valence-corrected chi connectivity index (χ4v) is 1.54. The summed E-state index contributed by atoms with van der Waals surface area (Å²) in [6.45, 7) is 0. The van der Waals surface area contributed by atoms with Crippen LogP contribution in [0.3, 0.4) is 0 Å². The maximum absolute atomic E-state index is 4.16. The molecule has 0 saturated carbocycles. The molecule has 0 aromatic carbocycles. The van der Waals surface area contributed by atoms with Gasteiger partial charge in [-0.05, 0) is 0 Å². The molecule has 0 unspecified atom stereocenters. The molecule has 0 aliphatic carbocycles. The van der Waals surface area contributed by atoms with Gasteiger partial charge in [-0.3, -0.25) is 0 Å². The second kappa shape index (κ2) is 3.79. The van der Waals surface area contributed by atoms with E-state index in [1.165, 1.54) is 0 Å². The summed E-state index contributed by atoms with van der Waals surface area (Å²) in [5.74, 6) is 0. The average Bonchev–Trinajstić information content (AvgIpc) is 1.62. The topological polar surface area (TPSA) is 12.4 Å². The van der Waals surface area contributed by atoms with Crippen LogP contribution < -0.4 is 0 Å². The van der Waals surface area contributed by atoms with Gasteiger partial charge >= 0.3 is 59.1 Å². The zero-order chi connectivity index (χ0) is 5.66. The Balaban J connectivity index is 2.67. The van der Waals surface area contributed by atoms with Crippen molar-refractivity contribution in [3.05, 3.63) is 34.5 Å². The molecule has 1 aliphatic rings. The third-order valence-electron chi connectivity index (χ3n) is 0.705. The molecule has 0 N–H and O–H groups in total. The maximum atomic E-state index is 4.16. The van der Waals surface area contributed by atoms with Crippen LogP contribution in [0, 0.1) is 0 Å². The van der Waals surface area contributed by atoms with Crippen LogP contribution in [-0.4, -0.2) is 21.4 Å². The molecule has 0 radical (unpaired) electrons. The molecule has 2 heteroatoms. The SMILES string of the molecule is C1=C\C=[CH]/[Sb]=[N]\C=C/1. The van der Waals surface area contributed by atoms with Gasteiger partial charge in [-0.25, -0.2) is 0 Å². The van der Waals surface area contributed by atoms with E-state index in [9.17, 15) is 0 Å². The number of hydrogen-bond donors (Lipinski definition) is 0. The molecule has 0 spiro atoms. The Morgan fingerprint density at radius 2 is 1.88 bits per heavy atom. The average molecular weight is 214 g/mol.